The number of amides is 1. The summed E-state index contributed by atoms with van der Waals surface area (Å²) in [7, 11) is 0. The molecule has 2 aliphatic carbocycles. The second-order valence-corrected chi connectivity index (χ2v) is 7.51. The highest BCUT2D eigenvalue weighted by Gasteiger charge is 2.35. The monoisotopic (exact) mass is 338 g/mol. The molecule has 0 aromatic carbocycles. The topological polar surface area (TPSA) is 77.8 Å². The van der Waals surface area contributed by atoms with Crippen LogP contribution in [0.4, 0.5) is 5.13 Å². The molecule has 0 saturated heterocycles. The Morgan fingerprint density at radius 2 is 2.05 bits per heavy atom. The molecule has 0 radical (unpaired) electrons. The van der Waals surface area contributed by atoms with Gasteiger partial charge < -0.3 is 10.6 Å². The molecule has 5 nitrogen and oxygen atoms in total. The summed E-state index contributed by atoms with van der Waals surface area (Å²) in [6.45, 7) is 0. The Bertz CT molecular complexity index is 585. The lowest BCUT2D eigenvalue weighted by molar-refractivity contribution is -0.122. The Labute approximate surface area is 139 Å². The fourth-order valence-corrected chi connectivity index (χ4v) is 4.67. The highest BCUT2D eigenvalue weighted by atomic mass is 35.5. The number of hydrogen-bond donors (Lipinski definition) is 2. The number of hydrogen-bond acceptors (Lipinski definition) is 5. The molecular weight excluding hydrogens is 320 g/mol. The summed E-state index contributed by atoms with van der Waals surface area (Å²) in [4.78, 5) is 17.6. The van der Waals surface area contributed by atoms with Crippen LogP contribution in [0.25, 0.3) is 0 Å². The average molecular weight is 339 g/mol. The predicted octanol–water partition coefficient (Wildman–Crippen LogP) is 3.63. The largest absolute Gasteiger partial charge is 0.321 e. The molecule has 0 atom stereocenters. The number of anilines is 1. The highest BCUT2D eigenvalue weighted by molar-refractivity contribution is 7.16. The molecule has 22 heavy (non-hydrogen) atoms. The SMILES string of the molecule is N#CN[C@H]1C[C@@H](C(=O)Nc2nc(Cl)c(C3CCCCC3)s2)C1. The Morgan fingerprint density at radius 3 is 2.73 bits per heavy atom. The molecule has 1 aromatic heterocycles. The average Bonchev–Trinajstić information content (AvgIpc) is 2.83. The van der Waals surface area contributed by atoms with Gasteiger partial charge in [0.2, 0.25) is 5.91 Å². The number of nitrogens with one attached hydrogen (secondary N) is 2. The molecule has 1 aromatic rings. The van der Waals surface area contributed by atoms with Crippen LogP contribution >= 0.6 is 22.9 Å². The first-order valence-electron chi connectivity index (χ1n) is 7.79. The molecule has 118 valence electrons. The summed E-state index contributed by atoms with van der Waals surface area (Å²) < 4.78 is 0. The summed E-state index contributed by atoms with van der Waals surface area (Å²) in [6.07, 6.45) is 9.45. The lowest BCUT2D eigenvalue weighted by Crippen LogP contribution is -2.44. The fourth-order valence-electron chi connectivity index (χ4n) is 3.23. The van der Waals surface area contributed by atoms with E-state index in [9.17, 15) is 4.79 Å². The molecule has 1 amide bonds. The van der Waals surface area contributed by atoms with E-state index in [-0.39, 0.29) is 17.9 Å². The molecule has 0 unspecified atom stereocenters. The van der Waals surface area contributed by atoms with Crippen molar-refractivity contribution < 1.29 is 4.79 Å². The minimum absolute atomic E-state index is 0.0170. The van der Waals surface area contributed by atoms with Crippen molar-refractivity contribution in [3.63, 3.8) is 0 Å². The third-order valence-electron chi connectivity index (χ3n) is 4.59. The maximum absolute atomic E-state index is 12.1. The minimum atomic E-state index is -0.0355. The number of nitrogens with zero attached hydrogens (tertiary/aromatic N) is 2. The van der Waals surface area contributed by atoms with Crippen molar-refractivity contribution in [2.45, 2.75) is 56.9 Å². The van der Waals surface area contributed by atoms with Crippen LogP contribution in [0.2, 0.25) is 5.15 Å². The van der Waals surface area contributed by atoms with E-state index in [1.807, 2.05) is 6.19 Å². The molecule has 2 fully saturated rings. The van der Waals surface area contributed by atoms with Crippen molar-refractivity contribution >= 4 is 34.0 Å². The van der Waals surface area contributed by atoms with E-state index in [2.05, 4.69) is 15.6 Å². The number of carbonyl (C=O) groups is 1. The van der Waals surface area contributed by atoms with Crippen molar-refractivity contribution in [2.24, 2.45) is 5.92 Å². The third-order valence-corrected chi connectivity index (χ3v) is 6.13. The Balaban J connectivity index is 1.57. The van der Waals surface area contributed by atoms with E-state index in [0.717, 1.165) is 4.88 Å². The van der Waals surface area contributed by atoms with E-state index >= 15 is 0 Å². The van der Waals surface area contributed by atoms with Crippen LogP contribution in [0.5, 0.6) is 0 Å². The van der Waals surface area contributed by atoms with Crippen LogP contribution in [0.3, 0.4) is 0 Å². The maximum Gasteiger partial charge on any atom is 0.229 e. The molecular formula is C15H19ClN4OS. The van der Waals surface area contributed by atoms with E-state index in [4.69, 9.17) is 16.9 Å². The Kier molecular flexibility index (Phi) is 4.84. The van der Waals surface area contributed by atoms with Crippen LogP contribution in [-0.4, -0.2) is 16.9 Å². The van der Waals surface area contributed by atoms with E-state index < -0.39 is 0 Å². The van der Waals surface area contributed by atoms with E-state index in [1.165, 1.54) is 43.4 Å². The summed E-state index contributed by atoms with van der Waals surface area (Å²) in [5, 5.41) is 15.2. The van der Waals surface area contributed by atoms with Gasteiger partial charge in [0.1, 0.15) is 5.15 Å². The van der Waals surface area contributed by atoms with Crippen LogP contribution in [0.1, 0.15) is 55.7 Å². The van der Waals surface area contributed by atoms with Crippen molar-refractivity contribution in [2.75, 3.05) is 5.32 Å². The zero-order valence-electron chi connectivity index (χ0n) is 12.3. The normalized spacial score (nSPS) is 25.1. The van der Waals surface area contributed by atoms with Gasteiger partial charge in [-0.2, -0.15) is 5.26 Å². The van der Waals surface area contributed by atoms with Gasteiger partial charge >= 0.3 is 0 Å². The van der Waals surface area contributed by atoms with Crippen LogP contribution in [-0.2, 0) is 4.79 Å². The van der Waals surface area contributed by atoms with Crippen molar-refractivity contribution in [3.05, 3.63) is 10.0 Å². The Morgan fingerprint density at radius 1 is 1.32 bits per heavy atom. The predicted molar refractivity (Wildman–Crippen MR) is 86.8 cm³/mol. The van der Waals surface area contributed by atoms with Gasteiger partial charge in [-0.15, -0.1) is 0 Å². The lowest BCUT2D eigenvalue weighted by atomic mass is 9.80. The van der Waals surface area contributed by atoms with Crippen molar-refractivity contribution in [1.82, 2.24) is 10.3 Å². The highest BCUT2D eigenvalue weighted by Crippen LogP contribution is 2.41. The van der Waals surface area contributed by atoms with Gasteiger partial charge in [0.15, 0.2) is 11.3 Å². The quantitative estimate of drug-likeness (QED) is 0.649. The van der Waals surface area contributed by atoms with Gasteiger partial charge in [0.05, 0.1) is 0 Å². The minimum Gasteiger partial charge on any atom is -0.321 e. The van der Waals surface area contributed by atoms with E-state index in [0.29, 0.717) is 29.0 Å². The molecule has 0 aliphatic heterocycles. The zero-order valence-corrected chi connectivity index (χ0v) is 13.8. The second-order valence-electron chi connectivity index (χ2n) is 6.12. The molecule has 1 heterocycles. The first-order chi connectivity index (χ1) is 10.7. The standard InChI is InChI=1S/C15H19ClN4OS/c16-13-12(9-4-2-1-3-5-9)22-15(19-13)20-14(21)10-6-11(7-10)18-8-17/h9-11,18H,1-7H2,(H,19,20,21)/t10-,11+. The molecule has 7 heteroatoms. The molecule has 2 saturated carbocycles. The van der Waals surface area contributed by atoms with Gasteiger partial charge in [-0.25, -0.2) is 4.98 Å². The number of rotatable bonds is 4. The van der Waals surface area contributed by atoms with Gasteiger partial charge in [-0.1, -0.05) is 42.2 Å². The number of carbonyl (C=O) groups excluding carboxylic acids is 1. The molecule has 3 rings (SSSR count). The molecule has 2 aliphatic rings. The van der Waals surface area contributed by atoms with Gasteiger partial charge in [0, 0.05) is 16.8 Å². The van der Waals surface area contributed by atoms with Gasteiger partial charge in [-0.3, -0.25) is 4.79 Å². The second kappa shape index (κ2) is 6.84. The lowest BCUT2D eigenvalue weighted by Gasteiger charge is -2.32. The molecule has 0 spiro atoms. The first-order valence-corrected chi connectivity index (χ1v) is 8.98. The number of nitriles is 1. The van der Waals surface area contributed by atoms with Crippen molar-refractivity contribution in [1.29, 1.82) is 5.26 Å². The summed E-state index contributed by atoms with van der Waals surface area (Å²) >= 11 is 7.77. The van der Waals surface area contributed by atoms with E-state index in [1.54, 1.807) is 0 Å². The summed E-state index contributed by atoms with van der Waals surface area (Å²) in [5.41, 5.74) is 0. The van der Waals surface area contributed by atoms with Gasteiger partial charge in [0.25, 0.3) is 0 Å². The number of thiazole rings is 1. The van der Waals surface area contributed by atoms with Gasteiger partial charge in [-0.05, 0) is 31.6 Å². The summed E-state index contributed by atoms with van der Waals surface area (Å²) in [6, 6.07) is 0.137. The third kappa shape index (κ3) is 3.36. The zero-order chi connectivity index (χ0) is 15.5. The smallest absolute Gasteiger partial charge is 0.229 e. The molecule has 0 bridgehead atoms. The molecule has 2 N–H and O–H groups in total. The first kappa shape index (κ1) is 15.6. The fraction of sp³-hybridized carbons (Fsp3) is 0.667. The Hall–Kier alpha value is -1.32. The van der Waals surface area contributed by atoms with Crippen molar-refractivity contribution in [3.8, 4) is 6.19 Å². The summed E-state index contributed by atoms with van der Waals surface area (Å²) in [5.74, 6) is 0.445. The number of aromatic nitrogens is 1. The number of halogens is 1. The maximum atomic E-state index is 12.1. The van der Waals surface area contributed by atoms with Crippen LogP contribution in [0, 0.1) is 17.4 Å². The van der Waals surface area contributed by atoms with Crippen LogP contribution < -0.4 is 10.6 Å². The van der Waals surface area contributed by atoms with Crippen LogP contribution in [0.15, 0.2) is 0 Å².